The van der Waals surface area contributed by atoms with E-state index in [0.29, 0.717) is 26.2 Å². The number of benzene rings is 1. The van der Waals surface area contributed by atoms with Crippen molar-refractivity contribution in [1.29, 1.82) is 0 Å². The quantitative estimate of drug-likeness (QED) is 0.784. The first-order valence-electron chi connectivity index (χ1n) is 8.14. The lowest BCUT2D eigenvalue weighted by molar-refractivity contribution is -0.134. The average molecular weight is 319 g/mol. The molecule has 1 fully saturated rings. The van der Waals surface area contributed by atoms with Gasteiger partial charge in [-0.25, -0.2) is 0 Å². The van der Waals surface area contributed by atoms with Crippen molar-refractivity contribution in [3.05, 3.63) is 29.8 Å². The van der Waals surface area contributed by atoms with Crippen molar-refractivity contribution in [2.24, 2.45) is 0 Å². The van der Waals surface area contributed by atoms with Crippen LogP contribution in [0.5, 0.6) is 5.75 Å². The minimum absolute atomic E-state index is 0.0755. The van der Waals surface area contributed by atoms with Gasteiger partial charge in [-0.3, -0.25) is 14.5 Å². The highest BCUT2D eigenvalue weighted by Crippen LogP contribution is 2.17. The van der Waals surface area contributed by atoms with Crippen LogP contribution in [0.3, 0.4) is 0 Å². The third-order valence-electron chi connectivity index (χ3n) is 3.81. The maximum absolute atomic E-state index is 12.1. The second-order valence-corrected chi connectivity index (χ2v) is 5.51. The number of carbonyl (C=O) groups excluding carboxylic acids is 2. The Morgan fingerprint density at radius 2 is 2.09 bits per heavy atom. The summed E-state index contributed by atoms with van der Waals surface area (Å²) in [6, 6.07) is 7.45. The summed E-state index contributed by atoms with van der Waals surface area (Å²) >= 11 is 0. The van der Waals surface area contributed by atoms with Crippen LogP contribution in [0.1, 0.15) is 25.8 Å². The normalized spacial score (nSPS) is 18.3. The van der Waals surface area contributed by atoms with Gasteiger partial charge in [-0.05, 0) is 31.5 Å². The molecule has 0 bridgehead atoms. The Morgan fingerprint density at radius 3 is 2.74 bits per heavy atom. The van der Waals surface area contributed by atoms with Crippen LogP contribution in [0, 0.1) is 0 Å². The predicted molar refractivity (Wildman–Crippen MR) is 88.1 cm³/mol. The highest BCUT2D eigenvalue weighted by atomic mass is 16.5. The Labute approximate surface area is 137 Å². The molecule has 1 atom stereocenters. The molecule has 0 aliphatic carbocycles. The third kappa shape index (κ3) is 4.96. The standard InChI is InChI=1S/C17H25N3O3/c1-3-18-16(21)11-15-17(22)19-9-10-20(15)12-13-5-7-14(8-6-13)23-4-2/h5-8,15H,3-4,9-12H2,1-2H3,(H,18,21)(H,19,22)/t15-/m0/s1. The molecular weight excluding hydrogens is 294 g/mol. The van der Waals surface area contributed by atoms with Crippen molar-refractivity contribution < 1.29 is 14.3 Å². The van der Waals surface area contributed by atoms with E-state index in [-0.39, 0.29) is 18.2 Å². The summed E-state index contributed by atoms with van der Waals surface area (Å²) < 4.78 is 5.44. The molecule has 0 saturated carbocycles. The Hall–Kier alpha value is -2.08. The van der Waals surface area contributed by atoms with Crippen LogP contribution in [-0.2, 0) is 16.1 Å². The molecule has 6 heteroatoms. The SMILES string of the molecule is CCNC(=O)C[C@H]1C(=O)NCCN1Cc1ccc(OCC)cc1. The monoisotopic (exact) mass is 319 g/mol. The van der Waals surface area contributed by atoms with Gasteiger partial charge in [-0.1, -0.05) is 12.1 Å². The molecule has 126 valence electrons. The fourth-order valence-corrected chi connectivity index (χ4v) is 2.71. The third-order valence-corrected chi connectivity index (χ3v) is 3.81. The van der Waals surface area contributed by atoms with E-state index in [1.165, 1.54) is 0 Å². The van der Waals surface area contributed by atoms with Gasteiger partial charge in [0.15, 0.2) is 0 Å². The number of amides is 2. The number of piperazine rings is 1. The number of rotatable bonds is 7. The van der Waals surface area contributed by atoms with E-state index in [2.05, 4.69) is 15.5 Å². The molecule has 0 unspecified atom stereocenters. The zero-order chi connectivity index (χ0) is 16.7. The van der Waals surface area contributed by atoms with Gasteiger partial charge < -0.3 is 15.4 Å². The van der Waals surface area contributed by atoms with Gasteiger partial charge in [0.05, 0.1) is 19.1 Å². The van der Waals surface area contributed by atoms with Crippen LogP contribution in [0.2, 0.25) is 0 Å². The molecule has 1 aromatic carbocycles. The zero-order valence-corrected chi connectivity index (χ0v) is 13.8. The predicted octanol–water partition coefficient (Wildman–Crippen LogP) is 0.912. The first-order valence-corrected chi connectivity index (χ1v) is 8.14. The lowest BCUT2D eigenvalue weighted by Crippen LogP contribution is -2.56. The van der Waals surface area contributed by atoms with Gasteiger partial charge in [0.25, 0.3) is 0 Å². The lowest BCUT2D eigenvalue weighted by Gasteiger charge is -2.34. The topological polar surface area (TPSA) is 70.7 Å². The number of nitrogens with one attached hydrogen (secondary N) is 2. The minimum Gasteiger partial charge on any atom is -0.494 e. The Kier molecular flexibility index (Phi) is 6.40. The Balaban J connectivity index is 2.02. The van der Waals surface area contributed by atoms with E-state index in [1.54, 1.807) is 0 Å². The van der Waals surface area contributed by atoms with Gasteiger partial charge in [-0.15, -0.1) is 0 Å². The molecule has 0 spiro atoms. The molecule has 2 rings (SSSR count). The van der Waals surface area contributed by atoms with E-state index >= 15 is 0 Å². The molecule has 0 aromatic heterocycles. The van der Waals surface area contributed by atoms with Crippen molar-refractivity contribution in [3.63, 3.8) is 0 Å². The largest absolute Gasteiger partial charge is 0.494 e. The Morgan fingerprint density at radius 1 is 1.35 bits per heavy atom. The van der Waals surface area contributed by atoms with E-state index in [4.69, 9.17) is 4.74 Å². The first kappa shape index (κ1) is 17.3. The van der Waals surface area contributed by atoms with E-state index in [1.807, 2.05) is 38.1 Å². The van der Waals surface area contributed by atoms with E-state index < -0.39 is 6.04 Å². The Bertz CT molecular complexity index is 530. The van der Waals surface area contributed by atoms with Crippen molar-refractivity contribution in [2.45, 2.75) is 32.9 Å². The molecule has 1 heterocycles. The molecular formula is C17H25N3O3. The molecule has 2 N–H and O–H groups in total. The number of carbonyl (C=O) groups is 2. The molecule has 2 amide bonds. The fraction of sp³-hybridized carbons (Fsp3) is 0.529. The summed E-state index contributed by atoms with van der Waals surface area (Å²) in [7, 11) is 0. The zero-order valence-electron chi connectivity index (χ0n) is 13.8. The van der Waals surface area contributed by atoms with E-state index in [9.17, 15) is 9.59 Å². The van der Waals surface area contributed by atoms with Crippen LogP contribution in [0.4, 0.5) is 0 Å². The summed E-state index contributed by atoms with van der Waals surface area (Å²) in [6.45, 7) is 7.03. The highest BCUT2D eigenvalue weighted by Gasteiger charge is 2.31. The van der Waals surface area contributed by atoms with Gasteiger partial charge in [0, 0.05) is 26.2 Å². The van der Waals surface area contributed by atoms with Crippen molar-refractivity contribution in [3.8, 4) is 5.75 Å². The summed E-state index contributed by atoms with van der Waals surface area (Å²) in [5, 5.41) is 5.60. The molecule has 1 aromatic rings. The van der Waals surface area contributed by atoms with Gasteiger partial charge >= 0.3 is 0 Å². The van der Waals surface area contributed by atoms with Gasteiger partial charge in [0.1, 0.15) is 5.75 Å². The molecule has 1 aliphatic rings. The molecule has 23 heavy (non-hydrogen) atoms. The van der Waals surface area contributed by atoms with Crippen molar-refractivity contribution in [2.75, 3.05) is 26.2 Å². The first-order chi connectivity index (χ1) is 11.1. The van der Waals surface area contributed by atoms with Gasteiger partial charge in [-0.2, -0.15) is 0 Å². The van der Waals surface area contributed by atoms with Crippen LogP contribution in [0.15, 0.2) is 24.3 Å². The van der Waals surface area contributed by atoms with Crippen LogP contribution in [0.25, 0.3) is 0 Å². The van der Waals surface area contributed by atoms with Crippen LogP contribution < -0.4 is 15.4 Å². The summed E-state index contributed by atoms with van der Waals surface area (Å²) in [6.07, 6.45) is 0.191. The smallest absolute Gasteiger partial charge is 0.237 e. The second kappa shape index (κ2) is 8.53. The lowest BCUT2D eigenvalue weighted by atomic mass is 10.1. The summed E-state index contributed by atoms with van der Waals surface area (Å²) in [4.78, 5) is 26.0. The van der Waals surface area contributed by atoms with Crippen molar-refractivity contribution in [1.82, 2.24) is 15.5 Å². The van der Waals surface area contributed by atoms with Crippen LogP contribution >= 0.6 is 0 Å². The van der Waals surface area contributed by atoms with Crippen molar-refractivity contribution >= 4 is 11.8 Å². The van der Waals surface area contributed by atoms with Crippen LogP contribution in [-0.4, -0.2) is 49.0 Å². The van der Waals surface area contributed by atoms with Gasteiger partial charge in [0.2, 0.25) is 11.8 Å². The maximum Gasteiger partial charge on any atom is 0.237 e. The number of nitrogens with zero attached hydrogens (tertiary/aromatic N) is 1. The molecule has 0 radical (unpaired) electrons. The number of ether oxygens (including phenoxy) is 1. The maximum atomic E-state index is 12.1. The summed E-state index contributed by atoms with van der Waals surface area (Å²) in [5.74, 6) is 0.672. The highest BCUT2D eigenvalue weighted by molar-refractivity contribution is 5.88. The fourth-order valence-electron chi connectivity index (χ4n) is 2.71. The molecule has 1 aliphatic heterocycles. The summed E-state index contributed by atoms with van der Waals surface area (Å²) in [5.41, 5.74) is 1.10. The number of hydrogen-bond acceptors (Lipinski definition) is 4. The average Bonchev–Trinajstić information content (AvgIpc) is 2.53. The number of hydrogen-bond donors (Lipinski definition) is 2. The molecule has 6 nitrogen and oxygen atoms in total. The second-order valence-electron chi connectivity index (χ2n) is 5.51. The minimum atomic E-state index is -0.415. The van der Waals surface area contributed by atoms with E-state index in [0.717, 1.165) is 17.9 Å². The molecule has 1 saturated heterocycles.